The first-order chi connectivity index (χ1) is 13.3. The molecule has 0 aliphatic rings. The third-order valence-corrected chi connectivity index (χ3v) is 6.05. The number of methoxy groups -OCH3 is 1. The van der Waals surface area contributed by atoms with E-state index in [4.69, 9.17) is 4.74 Å². The van der Waals surface area contributed by atoms with Gasteiger partial charge in [0.2, 0.25) is 0 Å². The van der Waals surface area contributed by atoms with Crippen molar-refractivity contribution in [2.24, 2.45) is 0 Å². The van der Waals surface area contributed by atoms with Crippen LogP contribution in [0.3, 0.4) is 0 Å². The molecule has 0 saturated heterocycles. The Hall–Kier alpha value is -2.52. The SMILES string of the molecule is COC=C(C(=O)O)c1ccccc1CSc1nc2cc(C(F)(F)F)ccc2s1. The largest absolute Gasteiger partial charge is 0.503 e. The fourth-order valence-electron chi connectivity index (χ4n) is 2.54. The second-order valence-corrected chi connectivity index (χ2v) is 7.93. The van der Waals surface area contributed by atoms with Crippen LogP contribution in [0.1, 0.15) is 16.7 Å². The minimum atomic E-state index is -4.41. The number of nitrogens with zero attached hydrogens (tertiary/aromatic N) is 1. The van der Waals surface area contributed by atoms with Gasteiger partial charge < -0.3 is 9.84 Å². The van der Waals surface area contributed by atoms with Crippen molar-refractivity contribution in [3.8, 4) is 0 Å². The number of aliphatic carboxylic acids is 1. The summed E-state index contributed by atoms with van der Waals surface area (Å²) in [4.78, 5) is 15.8. The molecule has 3 rings (SSSR count). The van der Waals surface area contributed by atoms with Crippen molar-refractivity contribution < 1.29 is 27.8 Å². The molecule has 1 aromatic heterocycles. The number of hydrogen-bond acceptors (Lipinski definition) is 5. The van der Waals surface area contributed by atoms with Crippen molar-refractivity contribution in [2.75, 3.05) is 7.11 Å². The highest BCUT2D eigenvalue weighted by atomic mass is 32.2. The van der Waals surface area contributed by atoms with E-state index in [1.54, 1.807) is 24.3 Å². The number of thiazole rings is 1. The number of halogens is 3. The molecule has 0 aliphatic carbocycles. The zero-order valence-corrected chi connectivity index (χ0v) is 16.1. The van der Waals surface area contributed by atoms with Crippen LogP contribution >= 0.6 is 23.1 Å². The number of carbonyl (C=O) groups is 1. The van der Waals surface area contributed by atoms with E-state index in [2.05, 4.69) is 4.98 Å². The van der Waals surface area contributed by atoms with E-state index >= 15 is 0 Å². The normalized spacial score (nSPS) is 12.4. The predicted molar refractivity (Wildman–Crippen MR) is 103 cm³/mol. The maximum atomic E-state index is 12.8. The van der Waals surface area contributed by atoms with Gasteiger partial charge >= 0.3 is 12.1 Å². The summed E-state index contributed by atoms with van der Waals surface area (Å²) in [5, 5.41) is 9.40. The summed E-state index contributed by atoms with van der Waals surface area (Å²) in [5.41, 5.74) is 0.861. The number of fused-ring (bicyclic) bond motifs is 1. The molecule has 0 unspecified atom stereocenters. The first-order valence-corrected chi connectivity index (χ1v) is 9.75. The number of thioether (sulfide) groups is 1. The number of alkyl halides is 3. The van der Waals surface area contributed by atoms with Gasteiger partial charge in [0.25, 0.3) is 0 Å². The molecular formula is C19H14F3NO3S2. The Morgan fingerprint density at radius 2 is 2.04 bits per heavy atom. The molecule has 3 aromatic rings. The highest BCUT2D eigenvalue weighted by Gasteiger charge is 2.30. The van der Waals surface area contributed by atoms with Crippen LogP contribution < -0.4 is 0 Å². The standard InChI is InChI=1S/C19H14F3NO3S2/c1-26-9-14(17(24)25)13-5-3-2-4-11(13)10-27-18-23-15-8-12(19(20,21)22)6-7-16(15)28-18/h2-9H,10H2,1H3,(H,24,25). The van der Waals surface area contributed by atoms with Gasteiger partial charge in [0.15, 0.2) is 4.34 Å². The van der Waals surface area contributed by atoms with Crippen LogP contribution in [-0.4, -0.2) is 23.2 Å². The van der Waals surface area contributed by atoms with Crippen LogP contribution in [0.2, 0.25) is 0 Å². The van der Waals surface area contributed by atoms with Crippen LogP contribution in [-0.2, 0) is 21.5 Å². The summed E-state index contributed by atoms with van der Waals surface area (Å²) in [6.07, 6.45) is -3.24. The Labute approximate surface area is 166 Å². The molecule has 2 aromatic carbocycles. The summed E-state index contributed by atoms with van der Waals surface area (Å²) >= 11 is 2.63. The van der Waals surface area contributed by atoms with Crippen LogP contribution in [0.15, 0.2) is 53.1 Å². The van der Waals surface area contributed by atoms with Gasteiger partial charge in [-0.1, -0.05) is 36.0 Å². The van der Waals surface area contributed by atoms with Crippen LogP contribution in [0.25, 0.3) is 15.8 Å². The van der Waals surface area contributed by atoms with Gasteiger partial charge in [-0.25, -0.2) is 9.78 Å². The molecule has 0 amide bonds. The molecule has 0 fully saturated rings. The van der Waals surface area contributed by atoms with Crippen LogP contribution in [0.5, 0.6) is 0 Å². The van der Waals surface area contributed by atoms with E-state index in [9.17, 15) is 23.1 Å². The topological polar surface area (TPSA) is 59.4 Å². The first kappa shape index (κ1) is 20.2. The fraction of sp³-hybridized carbons (Fsp3) is 0.158. The summed E-state index contributed by atoms with van der Waals surface area (Å²) in [6.45, 7) is 0. The molecule has 0 bridgehead atoms. The first-order valence-electron chi connectivity index (χ1n) is 7.94. The second-order valence-electron chi connectivity index (χ2n) is 5.68. The molecule has 1 N–H and O–H groups in total. The van der Waals surface area contributed by atoms with Gasteiger partial charge in [0.1, 0.15) is 5.57 Å². The molecular weight excluding hydrogens is 411 g/mol. The number of aromatic nitrogens is 1. The lowest BCUT2D eigenvalue weighted by atomic mass is 10.0. The molecule has 0 atom stereocenters. The van der Waals surface area contributed by atoms with Crippen molar-refractivity contribution >= 4 is 44.9 Å². The van der Waals surface area contributed by atoms with Gasteiger partial charge in [-0.3, -0.25) is 0 Å². The molecule has 146 valence electrons. The van der Waals surface area contributed by atoms with Crippen molar-refractivity contribution in [2.45, 2.75) is 16.3 Å². The zero-order valence-electron chi connectivity index (χ0n) is 14.5. The minimum absolute atomic E-state index is 0.0258. The Kier molecular flexibility index (Phi) is 5.95. The summed E-state index contributed by atoms with van der Waals surface area (Å²) in [5.74, 6) is -0.699. The molecule has 0 radical (unpaired) electrons. The maximum Gasteiger partial charge on any atom is 0.416 e. The molecule has 9 heteroatoms. The van der Waals surface area contributed by atoms with E-state index in [0.29, 0.717) is 25.9 Å². The molecule has 0 saturated carbocycles. The number of carboxylic acid groups (broad SMARTS) is 1. The minimum Gasteiger partial charge on any atom is -0.503 e. The average Bonchev–Trinajstić information content (AvgIpc) is 3.06. The van der Waals surface area contributed by atoms with Gasteiger partial charge in [-0.05, 0) is 29.3 Å². The van der Waals surface area contributed by atoms with Gasteiger partial charge in [0.05, 0.1) is 29.2 Å². The fourth-order valence-corrected chi connectivity index (χ4v) is 4.59. The lowest BCUT2D eigenvalue weighted by Gasteiger charge is -2.09. The number of benzene rings is 2. The summed E-state index contributed by atoms with van der Waals surface area (Å²) in [6, 6.07) is 10.5. The highest BCUT2D eigenvalue weighted by Crippen LogP contribution is 2.36. The highest BCUT2D eigenvalue weighted by molar-refractivity contribution is 8.00. The van der Waals surface area contributed by atoms with Crippen LogP contribution in [0.4, 0.5) is 13.2 Å². The average molecular weight is 425 g/mol. The van der Waals surface area contributed by atoms with E-state index in [1.807, 2.05) is 0 Å². The maximum absolute atomic E-state index is 12.8. The zero-order chi connectivity index (χ0) is 20.3. The molecule has 0 spiro atoms. The third kappa shape index (κ3) is 4.48. The number of hydrogen-bond donors (Lipinski definition) is 1. The lowest BCUT2D eigenvalue weighted by Crippen LogP contribution is -2.03. The third-order valence-electron chi connectivity index (χ3n) is 3.82. The van der Waals surface area contributed by atoms with Crippen molar-refractivity contribution in [1.82, 2.24) is 4.98 Å². The number of ether oxygens (including phenoxy) is 1. The Morgan fingerprint density at radius 3 is 2.71 bits per heavy atom. The Morgan fingerprint density at radius 1 is 1.29 bits per heavy atom. The predicted octanol–water partition coefficient (Wildman–Crippen LogP) is 5.68. The number of rotatable bonds is 6. The molecule has 28 heavy (non-hydrogen) atoms. The number of carboxylic acids is 1. The van der Waals surface area contributed by atoms with E-state index in [-0.39, 0.29) is 5.57 Å². The lowest BCUT2D eigenvalue weighted by molar-refractivity contribution is -0.137. The van der Waals surface area contributed by atoms with Gasteiger partial charge in [0, 0.05) is 5.75 Å². The van der Waals surface area contributed by atoms with Gasteiger partial charge in [-0.2, -0.15) is 13.2 Å². The molecule has 1 heterocycles. The van der Waals surface area contributed by atoms with E-state index in [0.717, 1.165) is 17.7 Å². The smallest absolute Gasteiger partial charge is 0.416 e. The Balaban J connectivity index is 1.85. The summed E-state index contributed by atoms with van der Waals surface area (Å²) in [7, 11) is 1.37. The summed E-state index contributed by atoms with van der Waals surface area (Å²) < 4.78 is 44.7. The van der Waals surface area contributed by atoms with Crippen molar-refractivity contribution in [3.63, 3.8) is 0 Å². The van der Waals surface area contributed by atoms with Crippen LogP contribution in [0, 0.1) is 0 Å². The molecule has 4 nitrogen and oxygen atoms in total. The Bertz CT molecular complexity index is 1040. The quantitative estimate of drug-likeness (QED) is 0.313. The van der Waals surface area contributed by atoms with Crippen molar-refractivity contribution in [1.29, 1.82) is 0 Å². The van der Waals surface area contributed by atoms with E-state index in [1.165, 1.54) is 42.5 Å². The van der Waals surface area contributed by atoms with E-state index < -0.39 is 17.7 Å². The second kappa shape index (κ2) is 8.24. The monoisotopic (exact) mass is 425 g/mol. The van der Waals surface area contributed by atoms with Gasteiger partial charge in [-0.15, -0.1) is 11.3 Å². The molecule has 0 aliphatic heterocycles. The van der Waals surface area contributed by atoms with Crippen molar-refractivity contribution in [3.05, 3.63) is 65.4 Å².